The molecule has 0 saturated carbocycles. The van der Waals surface area contributed by atoms with Crippen molar-refractivity contribution in [2.24, 2.45) is 0 Å². The first-order chi connectivity index (χ1) is 26.4. The van der Waals surface area contributed by atoms with E-state index in [1.54, 1.807) is 109 Å². The fraction of sp³-hybridized carbons (Fsp3) is 0. The van der Waals surface area contributed by atoms with Crippen LogP contribution < -0.4 is 0 Å². The van der Waals surface area contributed by atoms with Crippen LogP contribution in [0.25, 0.3) is 44.6 Å². The standard InChI is InChI=1S/C46H18N8/c47-19-27-4-10-31(11-5-27)39(23-51)45-35-14-8-29(21-49)16-37(35)41(25-53)43(45)33-2-1-3-34(18-33)44-42(26-54)38-17-30(22-50)9-15-36(38)46(44)40(24-52)32-12-6-28(20-48)7-13-32/h1-18H/b45-39+,46-40+. The van der Waals surface area contributed by atoms with E-state index in [0.717, 1.165) is 0 Å². The van der Waals surface area contributed by atoms with Crippen molar-refractivity contribution in [1.29, 1.82) is 42.1 Å². The average Bonchev–Trinajstić information content (AvgIpc) is 3.73. The molecule has 0 atom stereocenters. The molecule has 0 heterocycles. The Morgan fingerprint density at radius 1 is 0.352 bits per heavy atom. The van der Waals surface area contributed by atoms with Crippen LogP contribution in [0.1, 0.15) is 66.8 Å². The summed E-state index contributed by atoms with van der Waals surface area (Å²) < 4.78 is 0. The summed E-state index contributed by atoms with van der Waals surface area (Å²) in [6.45, 7) is 0. The Morgan fingerprint density at radius 2 is 0.722 bits per heavy atom. The number of hydrogen-bond acceptors (Lipinski definition) is 8. The summed E-state index contributed by atoms with van der Waals surface area (Å²) in [5, 5.41) is 81.0. The molecule has 0 saturated heterocycles. The summed E-state index contributed by atoms with van der Waals surface area (Å²) in [5.74, 6) is 0. The molecular formula is C46H18N8. The molecular weight excluding hydrogens is 665 g/mol. The van der Waals surface area contributed by atoms with Crippen molar-refractivity contribution in [1.82, 2.24) is 0 Å². The van der Waals surface area contributed by atoms with Gasteiger partial charge in [-0.3, -0.25) is 0 Å². The Kier molecular flexibility index (Phi) is 8.50. The zero-order valence-corrected chi connectivity index (χ0v) is 28.0. The highest BCUT2D eigenvalue weighted by atomic mass is 14.4. The van der Waals surface area contributed by atoms with Crippen LogP contribution in [-0.2, 0) is 0 Å². The summed E-state index contributed by atoms with van der Waals surface area (Å²) >= 11 is 0. The minimum atomic E-state index is 0.240. The molecule has 0 N–H and O–H groups in total. The maximum atomic E-state index is 10.7. The van der Waals surface area contributed by atoms with Gasteiger partial charge in [0, 0.05) is 33.4 Å². The van der Waals surface area contributed by atoms with Crippen molar-refractivity contribution >= 4 is 44.6 Å². The van der Waals surface area contributed by atoms with Gasteiger partial charge in [0.05, 0.1) is 68.8 Å². The predicted molar refractivity (Wildman–Crippen MR) is 201 cm³/mol. The third-order valence-electron chi connectivity index (χ3n) is 9.37. The molecule has 0 radical (unpaired) electrons. The Labute approximate surface area is 310 Å². The van der Waals surface area contributed by atoms with E-state index in [-0.39, 0.29) is 22.3 Å². The highest BCUT2D eigenvalue weighted by Gasteiger charge is 2.34. The monoisotopic (exact) mass is 682 g/mol. The van der Waals surface area contributed by atoms with Gasteiger partial charge in [0.25, 0.3) is 0 Å². The van der Waals surface area contributed by atoms with Crippen LogP contribution in [-0.4, -0.2) is 0 Å². The molecule has 2 aliphatic carbocycles. The lowest BCUT2D eigenvalue weighted by atomic mass is 9.86. The summed E-state index contributed by atoms with van der Waals surface area (Å²) in [4.78, 5) is 0. The van der Waals surface area contributed by atoms with Crippen molar-refractivity contribution in [3.05, 3.63) is 176 Å². The fourth-order valence-corrected chi connectivity index (χ4v) is 6.98. The lowest BCUT2D eigenvalue weighted by molar-refractivity contribution is 1.46. The van der Waals surface area contributed by atoms with Gasteiger partial charge in [0.2, 0.25) is 0 Å². The van der Waals surface area contributed by atoms with Crippen LogP contribution in [0.5, 0.6) is 0 Å². The van der Waals surface area contributed by atoms with Gasteiger partial charge < -0.3 is 0 Å². The molecule has 0 unspecified atom stereocenters. The van der Waals surface area contributed by atoms with Crippen molar-refractivity contribution in [2.75, 3.05) is 0 Å². The van der Waals surface area contributed by atoms with E-state index in [4.69, 9.17) is 0 Å². The largest absolute Gasteiger partial charge is 0.192 e. The second-order valence-corrected chi connectivity index (χ2v) is 12.2. The van der Waals surface area contributed by atoms with Crippen LogP contribution in [0.3, 0.4) is 0 Å². The molecule has 2 aliphatic rings. The quantitative estimate of drug-likeness (QED) is 0.168. The molecule has 242 valence electrons. The smallest absolute Gasteiger partial charge is 0.100 e. The Morgan fingerprint density at radius 3 is 1.06 bits per heavy atom. The average molecular weight is 683 g/mol. The maximum Gasteiger partial charge on any atom is 0.100 e. The lowest BCUT2D eigenvalue weighted by Gasteiger charge is -2.15. The molecule has 0 aliphatic heterocycles. The zero-order chi connectivity index (χ0) is 37.9. The van der Waals surface area contributed by atoms with Gasteiger partial charge >= 0.3 is 0 Å². The Hall–Kier alpha value is -9.02. The second kappa shape index (κ2) is 13.7. The fourth-order valence-electron chi connectivity index (χ4n) is 6.98. The number of nitrogens with zero attached hydrogens (tertiary/aromatic N) is 8. The van der Waals surface area contributed by atoms with Gasteiger partial charge in [-0.1, -0.05) is 54.6 Å². The minimum absolute atomic E-state index is 0.240. The van der Waals surface area contributed by atoms with Gasteiger partial charge in [0.1, 0.15) is 24.3 Å². The highest BCUT2D eigenvalue weighted by molar-refractivity contribution is 6.32. The lowest BCUT2D eigenvalue weighted by Crippen LogP contribution is -1.96. The molecule has 7 rings (SSSR count). The molecule has 0 spiro atoms. The number of benzene rings is 5. The van der Waals surface area contributed by atoms with Crippen LogP contribution >= 0.6 is 0 Å². The SMILES string of the molecule is N#CC1=C(c2cccc(C3=C(C#N)c4cc(C#N)ccc4/C3=C(/C#N)c3ccc(C#N)cc3)c2)/C(=C(\C#N)c2ccc(C#N)cc2)c2ccc(C#N)cc21. The van der Waals surface area contributed by atoms with E-state index in [0.29, 0.717) is 89.1 Å². The third-order valence-corrected chi connectivity index (χ3v) is 9.37. The third kappa shape index (κ3) is 5.35. The topological polar surface area (TPSA) is 190 Å². The first kappa shape index (κ1) is 33.5. The number of fused-ring (bicyclic) bond motifs is 2. The molecule has 0 fully saturated rings. The first-order valence-electron chi connectivity index (χ1n) is 16.2. The van der Waals surface area contributed by atoms with E-state index in [1.807, 2.05) is 0 Å². The van der Waals surface area contributed by atoms with Crippen molar-refractivity contribution in [3.63, 3.8) is 0 Å². The van der Waals surface area contributed by atoms with Gasteiger partial charge in [0.15, 0.2) is 0 Å². The molecule has 8 nitrogen and oxygen atoms in total. The van der Waals surface area contributed by atoms with Crippen LogP contribution in [0.2, 0.25) is 0 Å². The molecule has 0 amide bonds. The number of nitriles is 8. The summed E-state index contributed by atoms with van der Waals surface area (Å²) in [5.41, 5.74) is 8.49. The van der Waals surface area contributed by atoms with Crippen LogP contribution in [0.15, 0.2) is 109 Å². The van der Waals surface area contributed by atoms with Gasteiger partial charge in [-0.15, -0.1) is 0 Å². The van der Waals surface area contributed by atoms with E-state index in [9.17, 15) is 42.1 Å². The van der Waals surface area contributed by atoms with Crippen LogP contribution in [0, 0.1) is 90.6 Å². The number of hydrogen-bond donors (Lipinski definition) is 0. The summed E-state index contributed by atoms with van der Waals surface area (Å²) in [6.07, 6.45) is 0. The second-order valence-electron chi connectivity index (χ2n) is 12.2. The highest BCUT2D eigenvalue weighted by Crippen LogP contribution is 2.53. The van der Waals surface area contributed by atoms with Gasteiger partial charge in [-0.05, 0) is 88.0 Å². The molecule has 8 heteroatoms. The van der Waals surface area contributed by atoms with Crippen molar-refractivity contribution in [3.8, 4) is 48.6 Å². The Bertz CT molecular complexity index is 2780. The molecule has 54 heavy (non-hydrogen) atoms. The van der Waals surface area contributed by atoms with E-state index < -0.39 is 0 Å². The molecule has 0 aromatic heterocycles. The first-order valence-corrected chi connectivity index (χ1v) is 16.2. The van der Waals surface area contributed by atoms with E-state index in [1.165, 1.54) is 0 Å². The number of rotatable bonds is 4. The van der Waals surface area contributed by atoms with E-state index >= 15 is 0 Å². The normalized spacial score (nSPS) is 14.1. The van der Waals surface area contributed by atoms with Crippen LogP contribution in [0.4, 0.5) is 0 Å². The minimum Gasteiger partial charge on any atom is -0.192 e. The molecule has 5 aromatic carbocycles. The number of allylic oxidation sites excluding steroid dienone is 8. The summed E-state index contributed by atoms with van der Waals surface area (Å²) in [6, 6.07) is 47.9. The summed E-state index contributed by atoms with van der Waals surface area (Å²) in [7, 11) is 0. The van der Waals surface area contributed by atoms with E-state index in [2.05, 4.69) is 48.6 Å². The predicted octanol–water partition coefficient (Wildman–Crippen LogP) is 8.94. The van der Waals surface area contributed by atoms with Gasteiger partial charge in [-0.25, -0.2) is 0 Å². The van der Waals surface area contributed by atoms with Crippen molar-refractivity contribution in [2.45, 2.75) is 0 Å². The Balaban J connectivity index is 1.54. The maximum absolute atomic E-state index is 10.7. The molecule has 5 aromatic rings. The van der Waals surface area contributed by atoms with Crippen molar-refractivity contribution < 1.29 is 0 Å². The zero-order valence-electron chi connectivity index (χ0n) is 28.0. The molecule has 0 bridgehead atoms. The van der Waals surface area contributed by atoms with Gasteiger partial charge in [-0.2, -0.15) is 42.1 Å².